The van der Waals surface area contributed by atoms with Crippen LogP contribution in [0.25, 0.3) is 22.6 Å². The van der Waals surface area contributed by atoms with Crippen molar-refractivity contribution in [1.82, 2.24) is 9.38 Å². The van der Waals surface area contributed by atoms with Gasteiger partial charge in [-0.3, -0.25) is 4.40 Å². The molecule has 0 saturated heterocycles. The predicted octanol–water partition coefficient (Wildman–Crippen LogP) is 2.75. The Bertz CT molecular complexity index is 914. The van der Waals surface area contributed by atoms with Gasteiger partial charge in [-0.2, -0.15) is 0 Å². The van der Waals surface area contributed by atoms with Crippen molar-refractivity contribution in [2.45, 2.75) is 6.92 Å². The van der Waals surface area contributed by atoms with Crippen molar-refractivity contribution < 1.29 is 0 Å². The number of nitrogens with two attached hydrogens (primary N) is 3. The van der Waals surface area contributed by atoms with E-state index in [4.69, 9.17) is 17.2 Å². The molecule has 0 radical (unpaired) electrons. The molecule has 0 atom stereocenters. The first-order valence-electron chi connectivity index (χ1n) is 7.27. The van der Waals surface area contributed by atoms with E-state index in [1.165, 1.54) is 0 Å². The van der Waals surface area contributed by atoms with Crippen molar-refractivity contribution in [3.8, 4) is 11.3 Å². The highest BCUT2D eigenvalue weighted by Gasteiger charge is 2.07. The molecule has 0 spiro atoms. The van der Waals surface area contributed by atoms with Crippen LogP contribution in [0.3, 0.4) is 0 Å². The maximum atomic E-state index is 6.08. The van der Waals surface area contributed by atoms with Crippen LogP contribution < -0.4 is 17.2 Å². The summed E-state index contributed by atoms with van der Waals surface area (Å²) in [6, 6.07) is 11.6. The molecule has 0 aliphatic rings. The molecule has 0 saturated carbocycles. The molecule has 0 unspecified atom stereocenters. The van der Waals surface area contributed by atoms with E-state index in [1.807, 2.05) is 60.1 Å². The van der Waals surface area contributed by atoms with Crippen LogP contribution in [0.4, 0.5) is 5.69 Å². The van der Waals surface area contributed by atoms with Crippen molar-refractivity contribution in [1.29, 1.82) is 0 Å². The fraction of sp³-hybridized carbons (Fsp3) is 0.0556. The van der Waals surface area contributed by atoms with E-state index in [-0.39, 0.29) is 0 Å². The molecule has 1 aromatic carbocycles. The number of allylic oxidation sites excluding steroid dienone is 3. The molecule has 3 rings (SSSR count). The van der Waals surface area contributed by atoms with Crippen LogP contribution in [0.1, 0.15) is 12.5 Å². The third-order valence-corrected chi connectivity index (χ3v) is 3.55. The fourth-order valence-corrected chi connectivity index (χ4v) is 2.39. The van der Waals surface area contributed by atoms with E-state index in [1.54, 1.807) is 12.2 Å². The van der Waals surface area contributed by atoms with E-state index in [9.17, 15) is 0 Å². The van der Waals surface area contributed by atoms with E-state index in [0.29, 0.717) is 11.4 Å². The lowest BCUT2D eigenvalue weighted by Crippen LogP contribution is -1.98. The highest BCUT2D eigenvalue weighted by atomic mass is 15.0. The van der Waals surface area contributed by atoms with Gasteiger partial charge in [-0.1, -0.05) is 12.1 Å². The summed E-state index contributed by atoms with van der Waals surface area (Å²) in [7, 11) is 0. The number of anilines is 1. The Labute approximate surface area is 134 Å². The molecule has 0 aliphatic carbocycles. The molecule has 0 bridgehead atoms. The van der Waals surface area contributed by atoms with Gasteiger partial charge in [-0.15, -0.1) is 0 Å². The van der Waals surface area contributed by atoms with Crippen LogP contribution in [0, 0.1) is 0 Å². The molecule has 2 aromatic heterocycles. The fourth-order valence-electron chi connectivity index (χ4n) is 2.39. The van der Waals surface area contributed by atoms with Gasteiger partial charge >= 0.3 is 0 Å². The van der Waals surface area contributed by atoms with Crippen LogP contribution in [0.5, 0.6) is 0 Å². The largest absolute Gasteiger partial charge is 0.402 e. The monoisotopic (exact) mass is 305 g/mol. The number of pyridine rings is 1. The first-order valence-corrected chi connectivity index (χ1v) is 7.27. The quantitative estimate of drug-likeness (QED) is 0.512. The Hall–Kier alpha value is -3.21. The third kappa shape index (κ3) is 3.03. The minimum atomic E-state index is 0.644. The topological polar surface area (TPSA) is 95.4 Å². The lowest BCUT2D eigenvalue weighted by molar-refractivity contribution is 1.18. The molecule has 6 N–H and O–H groups in total. The van der Waals surface area contributed by atoms with Crippen molar-refractivity contribution in [3.63, 3.8) is 0 Å². The third-order valence-electron chi connectivity index (χ3n) is 3.55. The zero-order valence-corrected chi connectivity index (χ0v) is 12.9. The van der Waals surface area contributed by atoms with Gasteiger partial charge in [0, 0.05) is 34.4 Å². The number of hydrogen-bond acceptors (Lipinski definition) is 4. The van der Waals surface area contributed by atoms with E-state index in [0.717, 1.165) is 28.2 Å². The molecule has 5 heteroatoms. The second kappa shape index (κ2) is 5.88. The molecular weight excluding hydrogens is 286 g/mol. The van der Waals surface area contributed by atoms with Gasteiger partial charge in [0.15, 0.2) is 0 Å². The standard InChI is InChI=1S/C18H19N5/c1-12(19)5-6-16(21)13-7-8-23-17(11-22-18(23)10-13)14-3-2-4-15(20)9-14/h2-11H,19-21H2,1H3/b12-5-,16-6-. The number of imidazole rings is 1. The van der Waals surface area contributed by atoms with Crippen LogP contribution in [-0.4, -0.2) is 9.38 Å². The second-order valence-electron chi connectivity index (χ2n) is 5.45. The zero-order chi connectivity index (χ0) is 16.4. The molecule has 0 aliphatic heterocycles. The molecule has 3 aromatic rings. The summed E-state index contributed by atoms with van der Waals surface area (Å²) in [6.07, 6.45) is 7.36. The Kier molecular flexibility index (Phi) is 3.76. The average Bonchev–Trinajstić information content (AvgIpc) is 2.95. The summed E-state index contributed by atoms with van der Waals surface area (Å²) >= 11 is 0. The molecule has 23 heavy (non-hydrogen) atoms. The Morgan fingerprint density at radius 1 is 1.13 bits per heavy atom. The molecular formula is C18H19N5. The van der Waals surface area contributed by atoms with E-state index in [2.05, 4.69) is 4.98 Å². The number of nitrogen functional groups attached to an aromatic ring is 1. The maximum absolute atomic E-state index is 6.08. The number of hydrogen-bond donors (Lipinski definition) is 3. The van der Waals surface area contributed by atoms with Crippen LogP contribution in [0.2, 0.25) is 0 Å². The molecule has 5 nitrogen and oxygen atoms in total. The Morgan fingerprint density at radius 3 is 2.70 bits per heavy atom. The van der Waals surface area contributed by atoms with Crippen molar-refractivity contribution >= 4 is 17.0 Å². The summed E-state index contributed by atoms with van der Waals surface area (Å²) in [5, 5.41) is 0. The normalized spacial score (nSPS) is 12.7. The summed E-state index contributed by atoms with van der Waals surface area (Å²) in [5.41, 5.74) is 23.4. The van der Waals surface area contributed by atoms with Gasteiger partial charge in [0.2, 0.25) is 0 Å². The number of nitrogens with zero attached hydrogens (tertiary/aromatic N) is 2. The summed E-state index contributed by atoms with van der Waals surface area (Å²) in [5.74, 6) is 0. The van der Waals surface area contributed by atoms with Crippen molar-refractivity contribution in [2.75, 3.05) is 5.73 Å². The predicted molar refractivity (Wildman–Crippen MR) is 95.1 cm³/mol. The highest BCUT2D eigenvalue weighted by Crippen LogP contribution is 2.23. The summed E-state index contributed by atoms with van der Waals surface area (Å²) in [6.45, 7) is 1.82. The van der Waals surface area contributed by atoms with Gasteiger partial charge in [0.1, 0.15) is 5.65 Å². The Balaban J connectivity index is 2.04. The van der Waals surface area contributed by atoms with Crippen molar-refractivity contribution in [2.24, 2.45) is 11.5 Å². The number of fused-ring (bicyclic) bond motifs is 1. The first kappa shape index (κ1) is 14.7. The van der Waals surface area contributed by atoms with Gasteiger partial charge in [-0.05, 0) is 43.3 Å². The SMILES string of the molecule is C/C(N)=C/C=C(\N)c1ccn2c(-c3cccc(N)c3)cnc2c1. The lowest BCUT2D eigenvalue weighted by Gasteiger charge is -2.05. The minimum absolute atomic E-state index is 0.644. The number of benzene rings is 1. The lowest BCUT2D eigenvalue weighted by atomic mass is 10.1. The zero-order valence-electron chi connectivity index (χ0n) is 12.9. The smallest absolute Gasteiger partial charge is 0.137 e. The van der Waals surface area contributed by atoms with Gasteiger partial charge in [-0.25, -0.2) is 4.98 Å². The van der Waals surface area contributed by atoms with E-state index >= 15 is 0 Å². The molecule has 2 heterocycles. The highest BCUT2D eigenvalue weighted by molar-refractivity contribution is 5.71. The van der Waals surface area contributed by atoms with Gasteiger partial charge in [0.25, 0.3) is 0 Å². The summed E-state index contributed by atoms with van der Waals surface area (Å²) < 4.78 is 2.01. The van der Waals surface area contributed by atoms with Crippen LogP contribution >= 0.6 is 0 Å². The minimum Gasteiger partial charge on any atom is -0.402 e. The van der Waals surface area contributed by atoms with Gasteiger partial charge < -0.3 is 17.2 Å². The van der Waals surface area contributed by atoms with Gasteiger partial charge in [0.05, 0.1) is 11.9 Å². The van der Waals surface area contributed by atoms with Crippen molar-refractivity contribution in [3.05, 3.63) is 72.2 Å². The maximum Gasteiger partial charge on any atom is 0.137 e. The summed E-state index contributed by atoms with van der Waals surface area (Å²) in [4.78, 5) is 4.46. The first-order chi connectivity index (χ1) is 11.0. The van der Waals surface area contributed by atoms with E-state index < -0.39 is 0 Å². The molecule has 0 amide bonds. The molecule has 0 fully saturated rings. The molecule has 116 valence electrons. The number of aromatic nitrogens is 2. The van der Waals surface area contributed by atoms with Crippen LogP contribution in [-0.2, 0) is 0 Å². The Morgan fingerprint density at radius 2 is 1.96 bits per heavy atom. The van der Waals surface area contributed by atoms with Crippen LogP contribution in [0.15, 0.2) is 66.6 Å². The average molecular weight is 305 g/mol. The second-order valence-corrected chi connectivity index (χ2v) is 5.45. The number of rotatable bonds is 3.